The number of nitrogens with zero attached hydrogens (tertiary/aromatic N) is 2. The van der Waals surface area contributed by atoms with Crippen molar-refractivity contribution in [3.8, 4) is 6.07 Å². The second-order valence-electron chi connectivity index (χ2n) is 9.63. The molecular formula is C29H36BN3O5. The number of carbonyl (C=O) groups excluding carboxylic acids is 2. The third-order valence-electron chi connectivity index (χ3n) is 6.77. The molecule has 1 atom stereocenters. The molecule has 1 aliphatic heterocycles. The highest BCUT2D eigenvalue weighted by atomic mass is 16.5. The van der Waals surface area contributed by atoms with Gasteiger partial charge in [-0.3, -0.25) is 9.59 Å². The van der Waals surface area contributed by atoms with Crippen LogP contribution in [0, 0.1) is 18.3 Å². The number of carbonyl (C=O) groups is 2. The minimum absolute atomic E-state index is 0.0649. The van der Waals surface area contributed by atoms with Gasteiger partial charge in [-0.2, -0.15) is 5.26 Å². The Morgan fingerprint density at radius 1 is 1.18 bits per heavy atom. The van der Waals surface area contributed by atoms with E-state index >= 15 is 0 Å². The fourth-order valence-corrected chi connectivity index (χ4v) is 4.61. The van der Waals surface area contributed by atoms with Crippen LogP contribution in [0.25, 0.3) is 6.08 Å². The molecular weight excluding hydrogens is 481 g/mol. The van der Waals surface area contributed by atoms with E-state index in [1.165, 1.54) is 0 Å². The van der Waals surface area contributed by atoms with E-state index in [0.29, 0.717) is 38.2 Å². The van der Waals surface area contributed by atoms with Gasteiger partial charge in [-0.15, -0.1) is 0 Å². The standard InChI is InChI=1S/C29H36BN3O5/c1-3-33(26-13-15-38-16-14-26)29(35)25(20-31)18-24-6-4-5-22(17-24)11-12-28(34)32-27(30(36)37)19-23-9-7-21(2)8-10-23/h4-10,17-18,26-27,36-37H,3,11-16,19H2,1-2H3,(H,32,34). The molecule has 9 heteroatoms. The Balaban J connectivity index is 1.61. The lowest BCUT2D eigenvalue weighted by atomic mass is 9.75. The summed E-state index contributed by atoms with van der Waals surface area (Å²) in [5.74, 6) is -1.39. The summed E-state index contributed by atoms with van der Waals surface area (Å²) in [7, 11) is -1.68. The first kappa shape index (κ1) is 29.1. The van der Waals surface area contributed by atoms with Gasteiger partial charge in [-0.25, -0.2) is 0 Å². The number of hydrogen-bond donors (Lipinski definition) is 3. The van der Waals surface area contributed by atoms with Gasteiger partial charge in [0, 0.05) is 32.2 Å². The van der Waals surface area contributed by atoms with Crippen molar-refractivity contribution in [3.63, 3.8) is 0 Å². The SMILES string of the molecule is CCN(C(=O)C(C#N)=Cc1cccc(CCC(=O)NC(Cc2ccc(C)cc2)B(O)O)c1)C1CCOCC1. The van der Waals surface area contributed by atoms with Crippen molar-refractivity contribution >= 4 is 25.0 Å². The predicted molar refractivity (Wildman–Crippen MR) is 147 cm³/mol. The summed E-state index contributed by atoms with van der Waals surface area (Å²) >= 11 is 0. The van der Waals surface area contributed by atoms with E-state index in [4.69, 9.17) is 4.74 Å². The molecule has 0 bridgehead atoms. The second-order valence-corrected chi connectivity index (χ2v) is 9.63. The molecule has 0 radical (unpaired) electrons. The van der Waals surface area contributed by atoms with Crippen LogP contribution in [-0.2, 0) is 27.2 Å². The number of nitrogens with one attached hydrogen (secondary N) is 1. The first-order valence-electron chi connectivity index (χ1n) is 13.1. The lowest BCUT2D eigenvalue weighted by Crippen LogP contribution is -2.47. The maximum atomic E-state index is 13.1. The number of ether oxygens (including phenoxy) is 1. The first-order valence-corrected chi connectivity index (χ1v) is 13.1. The molecule has 1 aliphatic rings. The van der Waals surface area contributed by atoms with Gasteiger partial charge in [0.15, 0.2) is 0 Å². The minimum Gasteiger partial charge on any atom is -0.426 e. The molecule has 3 N–H and O–H groups in total. The largest absolute Gasteiger partial charge is 0.475 e. The Labute approximate surface area is 225 Å². The summed E-state index contributed by atoms with van der Waals surface area (Å²) in [5, 5.41) is 32.0. The van der Waals surface area contributed by atoms with Gasteiger partial charge in [-0.05, 0) is 62.3 Å². The zero-order valence-corrected chi connectivity index (χ0v) is 22.1. The maximum Gasteiger partial charge on any atom is 0.475 e. The third kappa shape index (κ3) is 8.56. The maximum absolute atomic E-state index is 13.1. The Morgan fingerprint density at radius 2 is 1.89 bits per heavy atom. The third-order valence-corrected chi connectivity index (χ3v) is 6.77. The van der Waals surface area contributed by atoms with Crippen molar-refractivity contribution in [2.24, 2.45) is 0 Å². The van der Waals surface area contributed by atoms with E-state index in [1.54, 1.807) is 11.0 Å². The Morgan fingerprint density at radius 3 is 2.53 bits per heavy atom. The lowest BCUT2D eigenvalue weighted by molar-refractivity contribution is -0.130. The monoisotopic (exact) mass is 517 g/mol. The van der Waals surface area contributed by atoms with Gasteiger partial charge < -0.3 is 25.0 Å². The molecule has 0 aromatic heterocycles. The van der Waals surface area contributed by atoms with Crippen molar-refractivity contribution in [1.82, 2.24) is 10.2 Å². The molecule has 0 spiro atoms. The smallest absolute Gasteiger partial charge is 0.426 e. The zero-order valence-electron chi connectivity index (χ0n) is 22.1. The Kier molecular flexibility index (Phi) is 11.1. The highest BCUT2D eigenvalue weighted by Gasteiger charge is 2.27. The summed E-state index contributed by atoms with van der Waals surface area (Å²) in [4.78, 5) is 27.4. The topological polar surface area (TPSA) is 123 Å². The molecule has 38 heavy (non-hydrogen) atoms. The summed E-state index contributed by atoms with van der Waals surface area (Å²) in [6.45, 7) is 5.63. The predicted octanol–water partition coefficient (Wildman–Crippen LogP) is 2.60. The van der Waals surface area contributed by atoms with Gasteiger partial charge in [0.2, 0.25) is 5.91 Å². The summed E-state index contributed by atoms with van der Waals surface area (Å²) in [5.41, 5.74) is 3.65. The number of rotatable bonds is 11. The molecule has 3 rings (SSSR count). The molecule has 8 nitrogen and oxygen atoms in total. The molecule has 1 heterocycles. The van der Waals surface area contributed by atoms with Crippen LogP contribution in [0.3, 0.4) is 0 Å². The average molecular weight is 517 g/mol. The quantitative estimate of drug-likeness (QED) is 0.239. The van der Waals surface area contributed by atoms with Crippen LogP contribution < -0.4 is 5.32 Å². The van der Waals surface area contributed by atoms with Gasteiger partial charge in [0.05, 0.1) is 5.94 Å². The van der Waals surface area contributed by atoms with Gasteiger partial charge in [0.1, 0.15) is 11.6 Å². The van der Waals surface area contributed by atoms with E-state index in [9.17, 15) is 24.9 Å². The first-order chi connectivity index (χ1) is 18.3. The van der Waals surface area contributed by atoms with Crippen LogP contribution in [0.2, 0.25) is 0 Å². The number of aryl methyl sites for hydroxylation is 2. The van der Waals surface area contributed by atoms with Crippen LogP contribution in [0.15, 0.2) is 54.1 Å². The normalized spacial score (nSPS) is 14.9. The summed E-state index contributed by atoms with van der Waals surface area (Å²) < 4.78 is 5.40. The van der Waals surface area contributed by atoms with Crippen LogP contribution in [0.5, 0.6) is 0 Å². The molecule has 2 aromatic rings. The minimum atomic E-state index is -1.68. The number of hydrogen-bond acceptors (Lipinski definition) is 6. The van der Waals surface area contributed by atoms with E-state index < -0.39 is 13.1 Å². The average Bonchev–Trinajstić information content (AvgIpc) is 2.92. The number of nitriles is 1. The van der Waals surface area contributed by atoms with Crippen molar-refractivity contribution in [2.75, 3.05) is 19.8 Å². The van der Waals surface area contributed by atoms with Crippen LogP contribution in [0.1, 0.15) is 48.4 Å². The molecule has 0 saturated carbocycles. The molecule has 0 aliphatic carbocycles. The van der Waals surface area contributed by atoms with Gasteiger partial charge in [-0.1, -0.05) is 54.1 Å². The fraction of sp³-hybridized carbons (Fsp3) is 0.414. The fourth-order valence-electron chi connectivity index (χ4n) is 4.61. The molecule has 2 amide bonds. The molecule has 1 saturated heterocycles. The van der Waals surface area contributed by atoms with Crippen molar-refractivity contribution in [2.45, 2.75) is 57.9 Å². The summed E-state index contributed by atoms with van der Waals surface area (Å²) in [6, 6.07) is 17.2. The molecule has 2 aromatic carbocycles. The van der Waals surface area contributed by atoms with Crippen molar-refractivity contribution in [3.05, 3.63) is 76.4 Å². The highest BCUT2D eigenvalue weighted by Crippen LogP contribution is 2.19. The van der Waals surface area contributed by atoms with E-state index in [1.807, 2.05) is 62.4 Å². The van der Waals surface area contributed by atoms with Crippen LogP contribution in [0.4, 0.5) is 0 Å². The second kappa shape index (κ2) is 14.5. The lowest BCUT2D eigenvalue weighted by Gasteiger charge is -2.33. The van der Waals surface area contributed by atoms with E-state index in [-0.39, 0.29) is 29.9 Å². The van der Waals surface area contributed by atoms with Crippen molar-refractivity contribution < 1.29 is 24.4 Å². The van der Waals surface area contributed by atoms with E-state index in [2.05, 4.69) is 11.4 Å². The Hall–Kier alpha value is -3.45. The number of benzene rings is 2. The Bertz CT molecular complexity index is 1150. The van der Waals surface area contributed by atoms with E-state index in [0.717, 1.165) is 29.5 Å². The highest BCUT2D eigenvalue weighted by molar-refractivity contribution is 6.43. The molecule has 200 valence electrons. The molecule has 1 fully saturated rings. The van der Waals surface area contributed by atoms with Crippen LogP contribution in [-0.4, -0.2) is 65.6 Å². The number of amides is 2. The van der Waals surface area contributed by atoms with Crippen molar-refractivity contribution in [1.29, 1.82) is 5.26 Å². The number of likely N-dealkylation sites (N-methyl/N-ethyl adjacent to an activating group) is 1. The zero-order chi connectivity index (χ0) is 27.5. The van der Waals surface area contributed by atoms with Gasteiger partial charge in [0.25, 0.3) is 5.91 Å². The van der Waals surface area contributed by atoms with Crippen LogP contribution >= 0.6 is 0 Å². The van der Waals surface area contributed by atoms with Gasteiger partial charge >= 0.3 is 7.12 Å². The summed E-state index contributed by atoms with van der Waals surface area (Å²) in [6.07, 6.45) is 3.99. The molecule has 1 unspecified atom stereocenters.